The van der Waals surface area contributed by atoms with Gasteiger partial charge in [-0.3, -0.25) is 9.48 Å². The van der Waals surface area contributed by atoms with E-state index in [1.54, 1.807) is 23.1 Å². The Bertz CT molecular complexity index is 668. The van der Waals surface area contributed by atoms with Crippen LogP contribution in [0, 0.1) is 0 Å². The third-order valence-corrected chi connectivity index (χ3v) is 4.07. The van der Waals surface area contributed by atoms with Crippen LogP contribution >= 0.6 is 0 Å². The van der Waals surface area contributed by atoms with Crippen LogP contribution in [0.5, 0.6) is 5.75 Å². The van der Waals surface area contributed by atoms with Gasteiger partial charge in [0.1, 0.15) is 12.1 Å². The highest BCUT2D eigenvalue weighted by molar-refractivity contribution is 5.90. The van der Waals surface area contributed by atoms with Gasteiger partial charge in [0.25, 0.3) is 5.91 Å². The maximum absolute atomic E-state index is 12.7. The predicted molar refractivity (Wildman–Crippen MR) is 81.4 cm³/mol. The van der Waals surface area contributed by atoms with E-state index in [1.807, 2.05) is 24.0 Å². The van der Waals surface area contributed by atoms with Gasteiger partial charge in [0.15, 0.2) is 0 Å². The van der Waals surface area contributed by atoms with Crippen LogP contribution in [0.3, 0.4) is 0 Å². The zero-order valence-corrected chi connectivity index (χ0v) is 12.6. The molecule has 22 heavy (non-hydrogen) atoms. The minimum atomic E-state index is -0.139. The Morgan fingerprint density at radius 2 is 2.27 bits per heavy atom. The molecule has 1 aromatic heterocycles. The van der Waals surface area contributed by atoms with Crippen molar-refractivity contribution in [1.29, 1.82) is 0 Å². The molecule has 1 aliphatic heterocycles. The van der Waals surface area contributed by atoms with E-state index in [-0.39, 0.29) is 23.5 Å². The number of carbonyl (C=O) groups is 1. The summed E-state index contributed by atoms with van der Waals surface area (Å²) < 4.78 is 1.65. The summed E-state index contributed by atoms with van der Waals surface area (Å²) in [6.45, 7) is 3.34. The summed E-state index contributed by atoms with van der Waals surface area (Å²) in [6.07, 6.45) is 4.53. The highest BCUT2D eigenvalue weighted by Crippen LogP contribution is 2.33. The Labute approximate surface area is 129 Å². The molecule has 1 aromatic carbocycles. The van der Waals surface area contributed by atoms with Crippen molar-refractivity contribution >= 4 is 5.91 Å². The lowest BCUT2D eigenvalue weighted by Gasteiger charge is -2.35. The van der Waals surface area contributed by atoms with Crippen LogP contribution in [0.25, 0.3) is 0 Å². The molecule has 0 bridgehead atoms. The van der Waals surface area contributed by atoms with Gasteiger partial charge >= 0.3 is 0 Å². The number of hydrogen-bond donors (Lipinski definition) is 1. The van der Waals surface area contributed by atoms with Crippen molar-refractivity contribution in [2.24, 2.45) is 0 Å². The monoisotopic (exact) mass is 300 g/mol. The van der Waals surface area contributed by atoms with Gasteiger partial charge in [0.05, 0.1) is 6.04 Å². The zero-order chi connectivity index (χ0) is 15.5. The lowest BCUT2D eigenvalue weighted by molar-refractivity contribution is 0.0598. The van der Waals surface area contributed by atoms with E-state index in [0.29, 0.717) is 13.1 Å². The number of carbonyl (C=O) groups excluding carboxylic acids is 1. The minimum absolute atomic E-state index is 0.0260. The summed E-state index contributed by atoms with van der Waals surface area (Å²) >= 11 is 0. The molecule has 0 saturated carbocycles. The van der Waals surface area contributed by atoms with Gasteiger partial charge < -0.3 is 10.0 Å². The normalized spacial score (nSPS) is 18.4. The molecule has 6 heteroatoms. The number of piperidine rings is 1. The van der Waals surface area contributed by atoms with Gasteiger partial charge in [-0.05, 0) is 43.9 Å². The standard InChI is InChI=1S/C16H20N4O2/c1-2-19-11-17-15(18-19)16(22)20-9-4-3-8-14(20)12-6-5-7-13(21)10-12/h5-7,10-11,14,21H,2-4,8-9H2,1H3. The molecular weight excluding hydrogens is 280 g/mol. The van der Waals surface area contributed by atoms with E-state index in [1.165, 1.54) is 0 Å². The third-order valence-electron chi connectivity index (χ3n) is 4.07. The van der Waals surface area contributed by atoms with E-state index in [0.717, 1.165) is 24.8 Å². The first kappa shape index (κ1) is 14.6. The number of amides is 1. The molecular formula is C16H20N4O2. The zero-order valence-electron chi connectivity index (χ0n) is 12.6. The highest BCUT2D eigenvalue weighted by atomic mass is 16.3. The summed E-state index contributed by atoms with van der Waals surface area (Å²) in [4.78, 5) is 18.7. The van der Waals surface area contributed by atoms with Gasteiger partial charge in [-0.15, -0.1) is 5.10 Å². The molecule has 2 heterocycles. The van der Waals surface area contributed by atoms with Crippen molar-refractivity contribution < 1.29 is 9.90 Å². The van der Waals surface area contributed by atoms with Gasteiger partial charge in [-0.25, -0.2) is 4.98 Å². The third kappa shape index (κ3) is 2.81. The predicted octanol–water partition coefficient (Wildman–Crippen LogP) is 2.37. The Balaban J connectivity index is 1.87. The molecule has 1 N–H and O–H groups in total. The Morgan fingerprint density at radius 1 is 1.41 bits per heavy atom. The summed E-state index contributed by atoms with van der Waals surface area (Å²) in [5, 5.41) is 13.9. The van der Waals surface area contributed by atoms with Gasteiger partial charge in [0.2, 0.25) is 5.82 Å². The quantitative estimate of drug-likeness (QED) is 0.944. The molecule has 1 fully saturated rings. The number of hydrogen-bond acceptors (Lipinski definition) is 4. The van der Waals surface area contributed by atoms with Crippen LogP contribution in [-0.2, 0) is 6.54 Å². The van der Waals surface area contributed by atoms with Crippen molar-refractivity contribution in [1.82, 2.24) is 19.7 Å². The maximum atomic E-state index is 12.7. The number of aromatic nitrogens is 3. The number of aromatic hydroxyl groups is 1. The van der Waals surface area contributed by atoms with Gasteiger partial charge in [-0.1, -0.05) is 12.1 Å². The van der Waals surface area contributed by atoms with E-state index in [4.69, 9.17) is 0 Å². The Morgan fingerprint density at radius 3 is 3.00 bits per heavy atom. The first-order valence-electron chi connectivity index (χ1n) is 7.68. The number of aryl methyl sites for hydroxylation is 1. The summed E-state index contributed by atoms with van der Waals surface area (Å²) in [6, 6.07) is 7.11. The van der Waals surface area contributed by atoms with Crippen LogP contribution in [0.4, 0.5) is 0 Å². The lowest BCUT2D eigenvalue weighted by atomic mass is 9.95. The molecule has 1 saturated heterocycles. The topological polar surface area (TPSA) is 71.2 Å². The Kier molecular flexibility index (Phi) is 4.09. The first-order valence-corrected chi connectivity index (χ1v) is 7.68. The molecule has 0 aliphatic carbocycles. The van der Waals surface area contributed by atoms with Crippen molar-refractivity contribution in [3.8, 4) is 5.75 Å². The van der Waals surface area contributed by atoms with Crippen molar-refractivity contribution in [3.05, 3.63) is 42.0 Å². The SMILES string of the molecule is CCn1cnc(C(=O)N2CCCCC2c2cccc(O)c2)n1. The summed E-state index contributed by atoms with van der Waals surface area (Å²) in [7, 11) is 0. The molecule has 0 radical (unpaired) electrons. The fourth-order valence-corrected chi connectivity index (χ4v) is 2.93. The first-order chi connectivity index (χ1) is 10.7. The number of phenolic OH excluding ortho intramolecular Hbond substituents is 1. The van der Waals surface area contributed by atoms with Crippen LogP contribution in [0.1, 0.15) is 48.4 Å². The van der Waals surface area contributed by atoms with E-state index in [2.05, 4.69) is 10.1 Å². The fourth-order valence-electron chi connectivity index (χ4n) is 2.93. The number of phenols is 1. The van der Waals surface area contributed by atoms with Crippen LogP contribution in [0.15, 0.2) is 30.6 Å². The molecule has 1 atom stereocenters. The highest BCUT2D eigenvalue weighted by Gasteiger charge is 2.30. The molecule has 2 aromatic rings. The average Bonchev–Trinajstić information content (AvgIpc) is 3.03. The van der Waals surface area contributed by atoms with Gasteiger partial charge in [-0.2, -0.15) is 0 Å². The molecule has 6 nitrogen and oxygen atoms in total. The summed E-state index contributed by atoms with van der Waals surface area (Å²) in [5.74, 6) is 0.331. The number of rotatable bonds is 3. The van der Waals surface area contributed by atoms with Crippen molar-refractivity contribution in [2.75, 3.05) is 6.54 Å². The molecule has 1 unspecified atom stereocenters. The summed E-state index contributed by atoms with van der Waals surface area (Å²) in [5.41, 5.74) is 0.961. The average molecular weight is 300 g/mol. The van der Waals surface area contributed by atoms with E-state index in [9.17, 15) is 9.90 Å². The van der Waals surface area contributed by atoms with E-state index < -0.39 is 0 Å². The van der Waals surface area contributed by atoms with Crippen LogP contribution in [-0.4, -0.2) is 37.2 Å². The van der Waals surface area contributed by atoms with Crippen molar-refractivity contribution in [3.63, 3.8) is 0 Å². The van der Waals surface area contributed by atoms with Crippen LogP contribution in [0.2, 0.25) is 0 Å². The van der Waals surface area contributed by atoms with Crippen LogP contribution < -0.4 is 0 Å². The molecule has 3 rings (SSSR count). The molecule has 116 valence electrons. The van der Waals surface area contributed by atoms with E-state index >= 15 is 0 Å². The minimum Gasteiger partial charge on any atom is -0.508 e. The maximum Gasteiger partial charge on any atom is 0.294 e. The molecule has 1 amide bonds. The second kappa shape index (κ2) is 6.17. The smallest absolute Gasteiger partial charge is 0.294 e. The lowest BCUT2D eigenvalue weighted by Crippen LogP contribution is -2.39. The van der Waals surface area contributed by atoms with Crippen molar-refractivity contribution in [2.45, 2.75) is 38.8 Å². The molecule has 1 aliphatic rings. The number of nitrogens with zero attached hydrogens (tertiary/aromatic N) is 4. The number of likely N-dealkylation sites (tertiary alicyclic amines) is 1. The fraction of sp³-hybridized carbons (Fsp3) is 0.438. The van der Waals surface area contributed by atoms with Gasteiger partial charge in [0, 0.05) is 13.1 Å². The molecule has 0 spiro atoms. The second-order valence-corrected chi connectivity index (χ2v) is 5.53. The second-order valence-electron chi connectivity index (χ2n) is 5.53. The Hall–Kier alpha value is -2.37. The number of benzene rings is 1. The largest absolute Gasteiger partial charge is 0.508 e.